The van der Waals surface area contributed by atoms with Crippen molar-refractivity contribution < 1.29 is 17.2 Å². The summed E-state index contributed by atoms with van der Waals surface area (Å²) >= 11 is 0. The van der Waals surface area contributed by atoms with E-state index in [1.165, 1.54) is 47.8 Å². The van der Waals surface area contributed by atoms with Crippen LogP contribution < -0.4 is 0 Å². The number of H-pyrrole nitrogens is 1. The lowest BCUT2D eigenvalue weighted by molar-refractivity contribution is 0.345. The Kier molecular flexibility index (Phi) is 5.96. The van der Waals surface area contributed by atoms with Crippen LogP contribution in [-0.2, 0) is 15.8 Å². The number of nitrogens with zero attached hydrogens (tertiary/aromatic N) is 3. The fourth-order valence-electron chi connectivity index (χ4n) is 4.40. The Labute approximate surface area is 169 Å². The predicted octanol–water partition coefficient (Wildman–Crippen LogP) is 3.51. The Morgan fingerprint density at radius 1 is 1.10 bits per heavy atom. The Hall–Kier alpha value is -1.87. The van der Waals surface area contributed by atoms with Crippen molar-refractivity contribution in [2.45, 2.75) is 49.7 Å². The average molecular weight is 425 g/mol. The smallest absolute Gasteiger partial charge is 0.218 e. The van der Waals surface area contributed by atoms with Gasteiger partial charge in [0.25, 0.3) is 0 Å². The molecule has 1 aliphatic heterocycles. The van der Waals surface area contributed by atoms with Gasteiger partial charge in [0.2, 0.25) is 10.0 Å². The van der Waals surface area contributed by atoms with Gasteiger partial charge in [-0.1, -0.05) is 31.4 Å². The molecule has 1 aliphatic carbocycles. The summed E-state index contributed by atoms with van der Waals surface area (Å²) in [7, 11) is -3.64. The first kappa shape index (κ1) is 20.4. The zero-order valence-electron chi connectivity index (χ0n) is 16.2. The van der Waals surface area contributed by atoms with Gasteiger partial charge in [-0.2, -0.15) is 5.10 Å². The maximum absolute atomic E-state index is 13.7. The molecule has 1 N–H and O–H groups in total. The molecule has 0 amide bonds. The zero-order chi connectivity index (χ0) is 20.4. The van der Waals surface area contributed by atoms with Crippen molar-refractivity contribution in [1.29, 1.82) is 0 Å². The van der Waals surface area contributed by atoms with Crippen LogP contribution in [0.2, 0.25) is 0 Å². The number of halogens is 2. The topological polar surface area (TPSA) is 79.0 Å². The van der Waals surface area contributed by atoms with E-state index in [1.54, 1.807) is 0 Å². The number of nitrogens with one attached hydrogen (secondary N) is 1. The number of sulfonamides is 1. The lowest BCUT2D eigenvalue weighted by Gasteiger charge is -2.18. The molecule has 6 nitrogen and oxygen atoms in total. The molecule has 1 saturated heterocycles. The van der Waals surface area contributed by atoms with E-state index in [4.69, 9.17) is 0 Å². The van der Waals surface area contributed by atoms with Crippen molar-refractivity contribution in [2.24, 2.45) is 5.92 Å². The third-order valence-corrected chi connectivity index (χ3v) is 7.89. The summed E-state index contributed by atoms with van der Waals surface area (Å²) in [5, 5.41) is 7.30. The molecule has 0 spiro atoms. The number of aromatic nitrogens is 3. The quantitative estimate of drug-likeness (QED) is 0.770. The molecule has 0 unspecified atom stereocenters. The second-order valence-corrected chi connectivity index (χ2v) is 10.1. The highest BCUT2D eigenvalue weighted by Gasteiger charge is 2.41. The van der Waals surface area contributed by atoms with Crippen LogP contribution in [0.15, 0.2) is 24.3 Å². The summed E-state index contributed by atoms with van der Waals surface area (Å²) in [6, 6.07) is 5.40. The van der Waals surface area contributed by atoms with E-state index in [0.717, 1.165) is 18.7 Å². The second-order valence-electron chi connectivity index (χ2n) is 8.13. The number of alkyl halides is 1. The molecule has 2 aromatic rings. The van der Waals surface area contributed by atoms with E-state index < -0.39 is 28.4 Å². The lowest BCUT2D eigenvalue weighted by atomic mass is 9.89. The number of hydrogen-bond donors (Lipinski definition) is 1. The van der Waals surface area contributed by atoms with E-state index in [0.29, 0.717) is 17.3 Å². The molecule has 1 saturated carbocycles. The van der Waals surface area contributed by atoms with Crippen LogP contribution in [0.1, 0.15) is 61.2 Å². The monoisotopic (exact) mass is 424 g/mol. The summed E-state index contributed by atoms with van der Waals surface area (Å²) in [5.41, 5.74) is 0.505. The van der Waals surface area contributed by atoms with Gasteiger partial charge in [0.05, 0.1) is 12.4 Å². The molecule has 2 aliphatic rings. The number of rotatable bonds is 6. The molecular formula is C20H26F2N4O2S. The van der Waals surface area contributed by atoms with E-state index in [1.807, 2.05) is 0 Å². The van der Waals surface area contributed by atoms with Crippen LogP contribution in [0.25, 0.3) is 0 Å². The van der Waals surface area contributed by atoms with Crippen LogP contribution in [0.5, 0.6) is 0 Å². The van der Waals surface area contributed by atoms with Gasteiger partial charge in [-0.15, -0.1) is 0 Å². The Bertz CT molecular complexity index is 926. The van der Waals surface area contributed by atoms with Crippen molar-refractivity contribution in [3.63, 3.8) is 0 Å². The summed E-state index contributed by atoms with van der Waals surface area (Å²) in [6.45, 7) is -0.325. The van der Waals surface area contributed by atoms with Gasteiger partial charge < -0.3 is 0 Å². The minimum Gasteiger partial charge on any atom is -0.263 e. The largest absolute Gasteiger partial charge is 0.263 e. The summed E-state index contributed by atoms with van der Waals surface area (Å²) in [4.78, 5) is 4.63. The molecule has 0 radical (unpaired) electrons. The van der Waals surface area contributed by atoms with E-state index in [-0.39, 0.29) is 24.8 Å². The average Bonchev–Trinajstić information content (AvgIpc) is 3.37. The Morgan fingerprint density at radius 3 is 2.52 bits per heavy atom. The van der Waals surface area contributed by atoms with Crippen molar-refractivity contribution in [2.75, 3.05) is 19.8 Å². The third-order valence-electron chi connectivity index (χ3n) is 6.10. The molecule has 2 fully saturated rings. The van der Waals surface area contributed by atoms with E-state index >= 15 is 0 Å². The molecule has 9 heteroatoms. The van der Waals surface area contributed by atoms with E-state index in [2.05, 4.69) is 15.2 Å². The predicted molar refractivity (Wildman–Crippen MR) is 105 cm³/mol. The molecule has 158 valence electrons. The number of hydrogen-bond acceptors (Lipinski definition) is 4. The highest BCUT2D eigenvalue weighted by molar-refractivity contribution is 7.88. The molecule has 29 heavy (non-hydrogen) atoms. The maximum atomic E-state index is 13.7. The minimum absolute atomic E-state index is 0.115. The molecular weight excluding hydrogens is 398 g/mol. The third kappa shape index (κ3) is 4.50. The van der Waals surface area contributed by atoms with Crippen molar-refractivity contribution >= 4 is 10.0 Å². The van der Waals surface area contributed by atoms with Crippen molar-refractivity contribution in [1.82, 2.24) is 19.5 Å². The Balaban J connectivity index is 1.48. The van der Waals surface area contributed by atoms with Gasteiger partial charge in [-0.25, -0.2) is 22.1 Å². The number of benzene rings is 1. The standard InChI is InChI=1S/C20H26F2N4O2S/c21-10-16-11-26(29(27,28)13-14-6-8-17(22)9-7-14)12-18(16)20-23-19(24-25-20)15-4-2-1-3-5-15/h6-9,15-16,18H,1-5,10-13H2,(H,23,24,25)/t16-,18-/m1/s1. The first-order valence-corrected chi connectivity index (χ1v) is 11.8. The van der Waals surface area contributed by atoms with Gasteiger partial charge in [-0.3, -0.25) is 9.49 Å². The summed E-state index contributed by atoms with van der Waals surface area (Å²) < 4.78 is 53.8. The van der Waals surface area contributed by atoms with Crippen molar-refractivity contribution in [3.05, 3.63) is 47.3 Å². The van der Waals surface area contributed by atoms with Crippen molar-refractivity contribution in [3.8, 4) is 0 Å². The summed E-state index contributed by atoms with van der Waals surface area (Å²) in [6.07, 6.45) is 5.70. The van der Waals surface area contributed by atoms with Crippen LogP contribution in [0.4, 0.5) is 8.78 Å². The normalized spacial score (nSPS) is 24.2. The highest BCUT2D eigenvalue weighted by Crippen LogP contribution is 2.35. The second kappa shape index (κ2) is 8.47. The van der Waals surface area contributed by atoms with Crippen LogP contribution >= 0.6 is 0 Å². The van der Waals surface area contributed by atoms with Crippen LogP contribution in [0.3, 0.4) is 0 Å². The van der Waals surface area contributed by atoms with Gasteiger partial charge >= 0.3 is 0 Å². The van der Waals surface area contributed by atoms with Crippen LogP contribution in [-0.4, -0.2) is 47.7 Å². The van der Waals surface area contributed by atoms with Gasteiger partial charge in [0.15, 0.2) is 5.82 Å². The maximum Gasteiger partial charge on any atom is 0.218 e. The fourth-order valence-corrected chi connectivity index (χ4v) is 6.01. The minimum atomic E-state index is -3.64. The Morgan fingerprint density at radius 2 is 1.83 bits per heavy atom. The fraction of sp³-hybridized carbons (Fsp3) is 0.600. The molecule has 2 heterocycles. The van der Waals surface area contributed by atoms with Gasteiger partial charge in [-0.05, 0) is 30.5 Å². The molecule has 2 atom stereocenters. The first-order chi connectivity index (χ1) is 14.0. The molecule has 0 bridgehead atoms. The van der Waals surface area contributed by atoms with Gasteiger partial charge in [0, 0.05) is 30.8 Å². The molecule has 4 rings (SSSR count). The zero-order valence-corrected chi connectivity index (χ0v) is 17.0. The molecule has 1 aromatic carbocycles. The number of aromatic amines is 1. The highest BCUT2D eigenvalue weighted by atomic mass is 32.2. The van der Waals surface area contributed by atoms with Gasteiger partial charge in [0.1, 0.15) is 11.6 Å². The summed E-state index contributed by atoms with van der Waals surface area (Å²) in [5.74, 6) is 0.236. The first-order valence-electron chi connectivity index (χ1n) is 10.2. The molecule has 1 aromatic heterocycles. The SMILES string of the molecule is O=S(=O)(Cc1ccc(F)cc1)N1C[C@@H](CF)[C@H](c2nc(C3CCCCC3)n[nH]2)C1. The van der Waals surface area contributed by atoms with E-state index in [9.17, 15) is 17.2 Å². The lowest BCUT2D eigenvalue weighted by Crippen LogP contribution is -2.30. The van der Waals surface area contributed by atoms with Crippen LogP contribution in [0, 0.1) is 11.7 Å².